The van der Waals surface area contributed by atoms with Gasteiger partial charge in [0.05, 0.1) is 0 Å². The maximum atomic E-state index is 6.04. The number of benzene rings is 1. The first-order valence-electron chi connectivity index (χ1n) is 7.18. The van der Waals surface area contributed by atoms with Crippen LogP contribution in [-0.4, -0.2) is 57.3 Å². The third-order valence-electron chi connectivity index (χ3n) is 3.96. The van der Waals surface area contributed by atoms with Gasteiger partial charge in [-0.3, -0.25) is 0 Å². The molecule has 0 radical (unpaired) electrons. The molecule has 1 aliphatic heterocycles. The fourth-order valence-corrected chi connectivity index (χ4v) is 3.38. The number of hydrogen-bond donors (Lipinski definition) is 1. The molecule has 0 saturated carbocycles. The summed E-state index contributed by atoms with van der Waals surface area (Å²) in [5.41, 5.74) is -1.13. The van der Waals surface area contributed by atoms with Gasteiger partial charge in [-0.1, -0.05) is 18.2 Å². The van der Waals surface area contributed by atoms with E-state index in [0.29, 0.717) is 6.61 Å². The van der Waals surface area contributed by atoms with E-state index < -0.39 is 11.0 Å². The van der Waals surface area contributed by atoms with E-state index in [9.17, 15) is 0 Å². The van der Waals surface area contributed by atoms with Gasteiger partial charge in [0.15, 0.2) is 0 Å². The molecule has 1 saturated heterocycles. The van der Waals surface area contributed by atoms with Crippen LogP contribution in [0.25, 0.3) is 0 Å². The predicted octanol–water partition coefficient (Wildman–Crippen LogP) is 2.16. The first-order chi connectivity index (χ1) is 10.6. The number of hydrogen-bond acceptors (Lipinski definition) is 6. The first-order valence-corrected chi connectivity index (χ1v) is 7.69. The molecule has 0 aromatic heterocycles. The lowest BCUT2D eigenvalue weighted by molar-refractivity contribution is -0.264. The van der Waals surface area contributed by atoms with Gasteiger partial charge < -0.3 is 23.7 Å². The standard InChI is InChI=1S/C16H24O5S/c1-16(10-20-11-8-6-5-7-9-11)14(19-4)12(17-2)13(18-3)15(22)21-16/h5-9,12-15,22H,10H2,1-4H3/t12-,13-,14-,15+,16-/m1/s1. The summed E-state index contributed by atoms with van der Waals surface area (Å²) < 4.78 is 28.6. The van der Waals surface area contributed by atoms with Gasteiger partial charge in [-0.05, 0) is 19.1 Å². The number of para-hydroxylation sites is 1. The van der Waals surface area contributed by atoms with E-state index in [-0.39, 0.29) is 18.3 Å². The lowest BCUT2D eigenvalue weighted by atomic mass is 9.89. The van der Waals surface area contributed by atoms with Crippen molar-refractivity contribution < 1.29 is 23.7 Å². The molecule has 1 aromatic rings. The zero-order valence-electron chi connectivity index (χ0n) is 13.4. The normalized spacial score (nSPS) is 35.3. The van der Waals surface area contributed by atoms with Crippen molar-refractivity contribution in [2.75, 3.05) is 27.9 Å². The summed E-state index contributed by atoms with van der Waals surface area (Å²) >= 11 is 4.48. The smallest absolute Gasteiger partial charge is 0.130 e. The number of thiol groups is 1. The summed E-state index contributed by atoms with van der Waals surface area (Å²) in [5.74, 6) is 0.778. The Hall–Kier alpha value is -0.790. The maximum Gasteiger partial charge on any atom is 0.130 e. The SMILES string of the molecule is CO[C@@H]1[C@@H](OC)[C@@H](OC)[C@@](C)(COc2ccccc2)O[C@H]1S. The van der Waals surface area contributed by atoms with E-state index in [2.05, 4.69) is 12.6 Å². The molecule has 5 nitrogen and oxygen atoms in total. The minimum absolute atomic E-state index is 0.296. The molecule has 0 unspecified atom stereocenters. The van der Waals surface area contributed by atoms with E-state index in [1.165, 1.54) is 0 Å². The van der Waals surface area contributed by atoms with Crippen molar-refractivity contribution in [3.8, 4) is 5.75 Å². The molecular weight excluding hydrogens is 304 g/mol. The van der Waals surface area contributed by atoms with Gasteiger partial charge >= 0.3 is 0 Å². The van der Waals surface area contributed by atoms with E-state index in [1.54, 1.807) is 21.3 Å². The highest BCUT2D eigenvalue weighted by molar-refractivity contribution is 7.80. The predicted molar refractivity (Wildman–Crippen MR) is 86.6 cm³/mol. The summed E-state index contributed by atoms with van der Waals surface area (Å²) in [6.07, 6.45) is -0.951. The minimum Gasteiger partial charge on any atom is -0.490 e. The Morgan fingerprint density at radius 1 is 1.05 bits per heavy atom. The summed E-state index contributed by atoms with van der Waals surface area (Å²) in [4.78, 5) is 0. The number of methoxy groups -OCH3 is 3. The van der Waals surface area contributed by atoms with Gasteiger partial charge in [-0.2, -0.15) is 0 Å². The van der Waals surface area contributed by atoms with E-state index >= 15 is 0 Å². The molecule has 0 N–H and O–H groups in total. The van der Waals surface area contributed by atoms with E-state index in [0.717, 1.165) is 5.75 Å². The Morgan fingerprint density at radius 2 is 1.68 bits per heavy atom. The van der Waals surface area contributed by atoms with Crippen molar-refractivity contribution in [2.24, 2.45) is 0 Å². The van der Waals surface area contributed by atoms with Crippen LogP contribution in [0.1, 0.15) is 6.92 Å². The van der Waals surface area contributed by atoms with Crippen LogP contribution in [0, 0.1) is 0 Å². The number of ether oxygens (including phenoxy) is 5. The second kappa shape index (κ2) is 7.66. The minimum atomic E-state index is -0.702. The second-order valence-electron chi connectivity index (χ2n) is 5.48. The van der Waals surface area contributed by atoms with Crippen LogP contribution in [-0.2, 0) is 18.9 Å². The van der Waals surface area contributed by atoms with Crippen LogP contribution in [0.2, 0.25) is 0 Å². The third kappa shape index (κ3) is 3.58. The average Bonchev–Trinajstić information content (AvgIpc) is 2.53. The molecule has 1 aromatic carbocycles. The molecule has 0 spiro atoms. The Balaban J connectivity index is 2.15. The molecule has 0 bridgehead atoms. The van der Waals surface area contributed by atoms with Crippen LogP contribution < -0.4 is 4.74 Å². The lowest BCUT2D eigenvalue weighted by Crippen LogP contribution is -2.65. The van der Waals surface area contributed by atoms with Crippen LogP contribution in [0.15, 0.2) is 30.3 Å². The summed E-state index contributed by atoms with van der Waals surface area (Å²) in [5, 5.41) is 0. The first kappa shape index (κ1) is 17.6. The van der Waals surface area contributed by atoms with Crippen LogP contribution in [0.4, 0.5) is 0 Å². The van der Waals surface area contributed by atoms with E-state index in [4.69, 9.17) is 23.7 Å². The van der Waals surface area contributed by atoms with Gasteiger partial charge in [0.25, 0.3) is 0 Å². The quantitative estimate of drug-likeness (QED) is 0.811. The highest BCUT2D eigenvalue weighted by atomic mass is 32.1. The van der Waals surface area contributed by atoms with Crippen LogP contribution >= 0.6 is 12.6 Å². The Morgan fingerprint density at radius 3 is 2.23 bits per heavy atom. The van der Waals surface area contributed by atoms with Crippen molar-refractivity contribution in [1.82, 2.24) is 0 Å². The van der Waals surface area contributed by atoms with Gasteiger partial charge in [-0.15, -0.1) is 12.6 Å². The number of rotatable bonds is 6. The topological polar surface area (TPSA) is 46.2 Å². The fourth-order valence-electron chi connectivity index (χ4n) is 2.84. The summed E-state index contributed by atoms with van der Waals surface area (Å²) in [6, 6.07) is 9.59. The molecule has 1 aliphatic rings. The van der Waals surface area contributed by atoms with Crippen molar-refractivity contribution in [3.05, 3.63) is 30.3 Å². The Bertz CT molecular complexity index is 457. The average molecular weight is 328 g/mol. The molecule has 1 heterocycles. The van der Waals surface area contributed by atoms with E-state index in [1.807, 2.05) is 37.3 Å². The van der Waals surface area contributed by atoms with Crippen LogP contribution in [0.5, 0.6) is 5.75 Å². The highest BCUT2D eigenvalue weighted by Crippen LogP contribution is 2.36. The van der Waals surface area contributed by atoms with Gasteiger partial charge in [0.1, 0.15) is 41.7 Å². The molecule has 124 valence electrons. The second-order valence-corrected chi connectivity index (χ2v) is 5.99. The highest BCUT2D eigenvalue weighted by Gasteiger charge is 2.53. The molecule has 5 atom stereocenters. The zero-order valence-corrected chi connectivity index (χ0v) is 14.3. The summed E-state index contributed by atoms with van der Waals surface area (Å²) in [6.45, 7) is 2.26. The van der Waals surface area contributed by atoms with Gasteiger partial charge in [0.2, 0.25) is 0 Å². The fraction of sp³-hybridized carbons (Fsp3) is 0.625. The molecule has 0 aliphatic carbocycles. The van der Waals surface area contributed by atoms with Crippen LogP contribution in [0.3, 0.4) is 0 Å². The Kier molecular flexibility index (Phi) is 6.11. The molecular formula is C16H24O5S. The monoisotopic (exact) mass is 328 g/mol. The van der Waals surface area contributed by atoms with Crippen molar-refractivity contribution in [2.45, 2.75) is 36.3 Å². The summed E-state index contributed by atoms with van der Waals surface area (Å²) in [7, 11) is 4.87. The third-order valence-corrected chi connectivity index (χ3v) is 4.36. The molecule has 2 rings (SSSR count). The molecule has 6 heteroatoms. The maximum absolute atomic E-state index is 6.04. The molecule has 0 amide bonds. The van der Waals surface area contributed by atoms with Gasteiger partial charge in [0, 0.05) is 21.3 Å². The zero-order chi connectivity index (χ0) is 16.2. The van der Waals surface area contributed by atoms with Crippen molar-refractivity contribution in [3.63, 3.8) is 0 Å². The molecule has 1 fully saturated rings. The van der Waals surface area contributed by atoms with Crippen molar-refractivity contribution in [1.29, 1.82) is 0 Å². The Labute approximate surface area is 137 Å². The largest absolute Gasteiger partial charge is 0.490 e. The van der Waals surface area contributed by atoms with Crippen molar-refractivity contribution >= 4 is 12.6 Å². The van der Waals surface area contributed by atoms with Gasteiger partial charge in [-0.25, -0.2) is 0 Å². The lowest BCUT2D eigenvalue weighted by Gasteiger charge is -2.49. The molecule has 22 heavy (non-hydrogen) atoms.